The summed E-state index contributed by atoms with van der Waals surface area (Å²) < 4.78 is 0. The maximum absolute atomic E-state index is 13.2. The molecule has 14 N–H and O–H groups in total. The predicted octanol–water partition coefficient (Wildman–Crippen LogP) is -4.15. The molecule has 0 saturated heterocycles. The van der Waals surface area contributed by atoms with Gasteiger partial charge >= 0.3 is 0 Å². The maximum Gasteiger partial charge on any atom is 0.243 e. The Hall–Kier alpha value is -4.77. The Bertz CT molecular complexity index is 1180. The highest BCUT2D eigenvalue weighted by Crippen LogP contribution is 2.12. The molecule has 17 nitrogen and oxygen atoms in total. The number of phenols is 1. The van der Waals surface area contributed by atoms with Gasteiger partial charge in [0.15, 0.2) is 0 Å². The number of benzene rings is 1. The molecule has 1 rings (SSSR count). The van der Waals surface area contributed by atoms with Gasteiger partial charge in [0.2, 0.25) is 41.4 Å². The molecular formula is C27H43N9O8. The Labute approximate surface area is 254 Å². The number of amides is 7. The molecule has 0 saturated carbocycles. The summed E-state index contributed by atoms with van der Waals surface area (Å²) in [7, 11) is 0. The van der Waals surface area contributed by atoms with Crippen LogP contribution >= 0.6 is 0 Å². The molecule has 0 aliphatic rings. The number of aromatic hydroxyl groups is 1. The van der Waals surface area contributed by atoms with Gasteiger partial charge in [0.1, 0.15) is 29.9 Å². The number of carbonyl (C=O) groups is 7. The number of hydrogen-bond acceptors (Lipinski definition) is 10. The lowest BCUT2D eigenvalue weighted by atomic mass is 10.0. The zero-order valence-corrected chi connectivity index (χ0v) is 24.8. The molecule has 7 amide bonds. The van der Waals surface area contributed by atoms with Gasteiger partial charge in [-0.05, 0) is 57.4 Å². The molecule has 0 aromatic heterocycles. The molecule has 44 heavy (non-hydrogen) atoms. The minimum Gasteiger partial charge on any atom is -0.508 e. The molecular weight excluding hydrogens is 578 g/mol. The van der Waals surface area contributed by atoms with Crippen LogP contribution in [-0.4, -0.2) is 89.8 Å². The predicted molar refractivity (Wildman–Crippen MR) is 158 cm³/mol. The Morgan fingerprint density at radius 1 is 0.773 bits per heavy atom. The van der Waals surface area contributed by atoms with E-state index in [1.165, 1.54) is 38.1 Å². The smallest absolute Gasteiger partial charge is 0.243 e. The van der Waals surface area contributed by atoms with E-state index in [0.717, 1.165) is 0 Å². The van der Waals surface area contributed by atoms with E-state index in [9.17, 15) is 38.7 Å². The average Bonchev–Trinajstić information content (AvgIpc) is 2.95. The van der Waals surface area contributed by atoms with E-state index in [2.05, 4.69) is 26.6 Å². The average molecular weight is 622 g/mol. The minimum absolute atomic E-state index is 0.00630. The van der Waals surface area contributed by atoms with Crippen molar-refractivity contribution >= 4 is 41.4 Å². The fraction of sp³-hybridized carbons (Fsp3) is 0.519. The molecule has 0 spiro atoms. The first-order valence-corrected chi connectivity index (χ1v) is 13.9. The van der Waals surface area contributed by atoms with Crippen LogP contribution in [0.2, 0.25) is 0 Å². The molecule has 1 aromatic carbocycles. The van der Waals surface area contributed by atoms with Crippen molar-refractivity contribution in [3.8, 4) is 5.75 Å². The van der Waals surface area contributed by atoms with Gasteiger partial charge in [0.05, 0.1) is 19.0 Å². The van der Waals surface area contributed by atoms with E-state index in [1.807, 2.05) is 0 Å². The van der Waals surface area contributed by atoms with Gasteiger partial charge in [-0.25, -0.2) is 0 Å². The van der Waals surface area contributed by atoms with Crippen molar-refractivity contribution < 1.29 is 38.7 Å². The highest BCUT2D eigenvalue weighted by atomic mass is 16.3. The van der Waals surface area contributed by atoms with Crippen molar-refractivity contribution in [2.75, 3.05) is 13.1 Å². The Balaban J connectivity index is 2.98. The molecule has 0 heterocycles. The van der Waals surface area contributed by atoms with Crippen molar-refractivity contribution in [1.29, 1.82) is 0 Å². The van der Waals surface area contributed by atoms with Crippen LogP contribution < -0.4 is 49.5 Å². The van der Waals surface area contributed by atoms with Gasteiger partial charge < -0.3 is 54.6 Å². The topological polar surface area (TPSA) is 304 Å². The highest BCUT2D eigenvalue weighted by molar-refractivity contribution is 5.97. The molecule has 0 bridgehead atoms. The zero-order chi connectivity index (χ0) is 33.4. The second-order valence-electron chi connectivity index (χ2n) is 10.2. The summed E-state index contributed by atoms with van der Waals surface area (Å²) in [6.07, 6.45) is 0.325. The molecule has 0 aliphatic heterocycles. The summed E-state index contributed by atoms with van der Waals surface area (Å²) in [6, 6.07) is -0.114. The lowest BCUT2D eigenvalue weighted by Gasteiger charge is -2.25. The lowest BCUT2D eigenvalue weighted by Crippen LogP contribution is -2.58. The van der Waals surface area contributed by atoms with Crippen molar-refractivity contribution in [3.05, 3.63) is 29.8 Å². The van der Waals surface area contributed by atoms with Crippen LogP contribution in [0.15, 0.2) is 24.3 Å². The van der Waals surface area contributed by atoms with Crippen LogP contribution in [0.4, 0.5) is 0 Å². The second kappa shape index (κ2) is 18.7. The summed E-state index contributed by atoms with van der Waals surface area (Å²) in [5.41, 5.74) is 22.3. The van der Waals surface area contributed by atoms with Crippen molar-refractivity contribution in [2.45, 2.75) is 76.2 Å². The third kappa shape index (κ3) is 13.9. The number of carbonyl (C=O) groups excluding carboxylic acids is 7. The van der Waals surface area contributed by atoms with Crippen molar-refractivity contribution in [3.63, 3.8) is 0 Å². The summed E-state index contributed by atoms with van der Waals surface area (Å²) in [6.45, 7) is 2.67. The van der Waals surface area contributed by atoms with Gasteiger partial charge in [-0.3, -0.25) is 33.6 Å². The number of unbranched alkanes of at least 4 members (excludes halogenated alkanes) is 1. The molecule has 0 fully saturated rings. The van der Waals surface area contributed by atoms with Gasteiger partial charge in [0, 0.05) is 6.42 Å². The first-order chi connectivity index (χ1) is 20.6. The largest absolute Gasteiger partial charge is 0.508 e. The second-order valence-corrected chi connectivity index (χ2v) is 10.2. The summed E-state index contributed by atoms with van der Waals surface area (Å²) in [5, 5.41) is 21.4. The van der Waals surface area contributed by atoms with E-state index in [4.69, 9.17) is 22.9 Å². The Morgan fingerprint density at radius 2 is 1.34 bits per heavy atom. The van der Waals surface area contributed by atoms with E-state index < -0.39 is 84.5 Å². The van der Waals surface area contributed by atoms with Crippen LogP contribution in [-0.2, 0) is 40.0 Å². The maximum atomic E-state index is 13.2. The molecule has 5 unspecified atom stereocenters. The Kier molecular flexibility index (Phi) is 15.8. The van der Waals surface area contributed by atoms with Gasteiger partial charge in [0.25, 0.3) is 0 Å². The Morgan fingerprint density at radius 3 is 1.89 bits per heavy atom. The summed E-state index contributed by atoms with van der Waals surface area (Å²) in [4.78, 5) is 86.7. The summed E-state index contributed by atoms with van der Waals surface area (Å²) in [5.74, 6) is -5.59. The summed E-state index contributed by atoms with van der Waals surface area (Å²) >= 11 is 0. The van der Waals surface area contributed by atoms with Crippen LogP contribution in [0.3, 0.4) is 0 Å². The van der Waals surface area contributed by atoms with Crippen LogP contribution in [0.1, 0.15) is 45.1 Å². The number of rotatable bonds is 19. The first-order valence-electron chi connectivity index (χ1n) is 13.9. The highest BCUT2D eigenvalue weighted by Gasteiger charge is 2.31. The third-order valence-electron chi connectivity index (χ3n) is 6.26. The lowest BCUT2D eigenvalue weighted by molar-refractivity contribution is -0.135. The number of primary amides is 2. The van der Waals surface area contributed by atoms with E-state index in [1.54, 1.807) is 0 Å². The third-order valence-corrected chi connectivity index (χ3v) is 6.26. The molecule has 0 aliphatic carbocycles. The van der Waals surface area contributed by atoms with Crippen LogP contribution in [0, 0.1) is 0 Å². The molecule has 1 aromatic rings. The molecule has 17 heteroatoms. The molecule has 0 radical (unpaired) electrons. The standard InChI is InChI=1S/C27H43N9O8/c1-14(29)24(41)32-13-22(39)33-15(2)25(42)34-18(5-3-4-10-28)26(43)36-20(12-21(30)38)27(44)35-19(23(31)40)11-16-6-8-17(37)9-7-16/h6-9,14-15,18-20,37H,3-5,10-13,28-29H2,1-2H3,(H2,30,38)(H2,31,40)(H,32,41)(H,33,39)(H,34,42)(H,35,44)(H,36,43). The van der Waals surface area contributed by atoms with E-state index in [-0.39, 0.29) is 18.6 Å². The number of hydrogen-bond donors (Lipinski definition) is 10. The van der Waals surface area contributed by atoms with Gasteiger partial charge in [-0.2, -0.15) is 0 Å². The fourth-order valence-electron chi connectivity index (χ4n) is 3.79. The quantitative estimate of drug-likeness (QED) is 0.0665. The minimum atomic E-state index is -1.53. The van der Waals surface area contributed by atoms with Crippen LogP contribution in [0.25, 0.3) is 0 Å². The van der Waals surface area contributed by atoms with Crippen molar-refractivity contribution in [1.82, 2.24) is 26.6 Å². The molecule has 5 atom stereocenters. The number of nitrogens with two attached hydrogens (primary N) is 4. The number of phenolic OH excluding ortho intramolecular Hbond substituents is 1. The number of nitrogens with one attached hydrogen (secondary N) is 5. The first kappa shape index (κ1) is 37.3. The monoisotopic (exact) mass is 621 g/mol. The SMILES string of the molecule is CC(N)C(=O)NCC(=O)NC(C)C(=O)NC(CCCCN)C(=O)NC(CC(N)=O)C(=O)NC(Cc1ccc(O)cc1)C(N)=O. The van der Waals surface area contributed by atoms with Crippen molar-refractivity contribution in [2.24, 2.45) is 22.9 Å². The van der Waals surface area contributed by atoms with Gasteiger partial charge in [-0.1, -0.05) is 12.1 Å². The van der Waals surface area contributed by atoms with E-state index in [0.29, 0.717) is 24.9 Å². The zero-order valence-electron chi connectivity index (χ0n) is 24.8. The van der Waals surface area contributed by atoms with E-state index >= 15 is 0 Å². The normalized spacial score (nSPS) is 14.1. The molecule has 244 valence electrons. The van der Waals surface area contributed by atoms with Crippen LogP contribution in [0.5, 0.6) is 5.75 Å². The fourth-order valence-corrected chi connectivity index (χ4v) is 3.79. The van der Waals surface area contributed by atoms with Gasteiger partial charge in [-0.15, -0.1) is 0 Å².